The Hall–Kier alpha value is -1.91. The van der Waals surface area contributed by atoms with Crippen molar-refractivity contribution in [2.75, 3.05) is 17.8 Å². The minimum absolute atomic E-state index is 0.131. The van der Waals surface area contributed by atoms with E-state index in [9.17, 15) is 16.8 Å². The first-order valence-corrected chi connectivity index (χ1v) is 11.2. The van der Waals surface area contributed by atoms with Crippen molar-refractivity contribution in [3.8, 4) is 0 Å². The van der Waals surface area contributed by atoms with Gasteiger partial charge in [0.15, 0.2) is 5.82 Å². The molecule has 0 amide bonds. The average Bonchev–Trinajstić information content (AvgIpc) is 2.99. The van der Waals surface area contributed by atoms with Gasteiger partial charge in [0.2, 0.25) is 10.0 Å². The molecular formula is C16H22N4O4S2. The zero-order valence-corrected chi connectivity index (χ0v) is 16.3. The van der Waals surface area contributed by atoms with Gasteiger partial charge in [-0.15, -0.1) is 0 Å². The van der Waals surface area contributed by atoms with Crippen LogP contribution in [0.15, 0.2) is 46.3 Å². The van der Waals surface area contributed by atoms with E-state index in [2.05, 4.69) is 16.7 Å². The van der Waals surface area contributed by atoms with Gasteiger partial charge in [-0.2, -0.15) is 9.40 Å². The summed E-state index contributed by atoms with van der Waals surface area (Å²) in [7, 11) is -6.33. The van der Waals surface area contributed by atoms with Crippen LogP contribution in [-0.4, -0.2) is 44.0 Å². The summed E-state index contributed by atoms with van der Waals surface area (Å²) in [5.41, 5.74) is 0. The molecule has 142 valence electrons. The maximum atomic E-state index is 13.0. The zero-order chi connectivity index (χ0) is 18.9. The molecule has 1 aromatic carbocycles. The van der Waals surface area contributed by atoms with Crippen LogP contribution < -0.4 is 4.72 Å². The van der Waals surface area contributed by atoms with Crippen molar-refractivity contribution in [1.82, 2.24) is 14.1 Å². The molecule has 2 heterocycles. The molecule has 0 radical (unpaired) electrons. The topological polar surface area (TPSA) is 101 Å². The fraction of sp³-hybridized carbons (Fsp3) is 0.438. The summed E-state index contributed by atoms with van der Waals surface area (Å²) >= 11 is 0. The highest BCUT2D eigenvalue weighted by atomic mass is 32.2. The van der Waals surface area contributed by atoms with Gasteiger partial charge in [-0.1, -0.05) is 19.1 Å². The molecule has 0 aliphatic carbocycles. The monoisotopic (exact) mass is 398 g/mol. The first-order valence-electron chi connectivity index (χ1n) is 8.32. The van der Waals surface area contributed by atoms with Crippen molar-refractivity contribution in [2.24, 2.45) is 13.0 Å². The van der Waals surface area contributed by atoms with Crippen LogP contribution in [-0.2, 0) is 27.1 Å². The first-order chi connectivity index (χ1) is 12.2. The molecule has 2 aromatic rings. The number of anilines is 1. The summed E-state index contributed by atoms with van der Waals surface area (Å²) in [6, 6.07) is 7.16. The predicted octanol–water partition coefficient (Wildman–Crippen LogP) is 1.64. The first kappa shape index (κ1) is 18.9. The number of piperidine rings is 1. The van der Waals surface area contributed by atoms with E-state index < -0.39 is 20.0 Å². The number of sulfonamides is 2. The summed E-state index contributed by atoms with van der Waals surface area (Å²) in [4.78, 5) is -0.484. The van der Waals surface area contributed by atoms with Crippen LogP contribution in [0.2, 0.25) is 0 Å². The minimum Gasteiger partial charge on any atom is -0.274 e. The number of nitrogens with zero attached hydrogens (tertiary/aromatic N) is 3. The number of aryl methyl sites for hydroxylation is 1. The Balaban J connectivity index is 1.97. The van der Waals surface area contributed by atoms with Gasteiger partial charge >= 0.3 is 0 Å². The molecule has 1 aliphatic heterocycles. The second-order valence-corrected chi connectivity index (χ2v) is 10.1. The summed E-state index contributed by atoms with van der Waals surface area (Å²) in [5.74, 6) is 0.595. The third kappa shape index (κ3) is 3.76. The van der Waals surface area contributed by atoms with Gasteiger partial charge in [0.25, 0.3) is 10.0 Å². The van der Waals surface area contributed by atoms with Crippen LogP contribution in [0.3, 0.4) is 0 Å². The molecular weight excluding hydrogens is 376 g/mol. The molecule has 26 heavy (non-hydrogen) atoms. The summed E-state index contributed by atoms with van der Waals surface area (Å²) < 4.78 is 56.8. The van der Waals surface area contributed by atoms with Gasteiger partial charge in [0, 0.05) is 32.4 Å². The van der Waals surface area contributed by atoms with Crippen LogP contribution in [0.1, 0.15) is 19.8 Å². The molecule has 10 heteroatoms. The second-order valence-electron chi connectivity index (χ2n) is 6.51. The Morgan fingerprint density at radius 3 is 2.23 bits per heavy atom. The molecule has 1 saturated heterocycles. The highest BCUT2D eigenvalue weighted by molar-refractivity contribution is 7.94. The summed E-state index contributed by atoms with van der Waals surface area (Å²) in [6.45, 7) is 2.87. The Kier molecular flexibility index (Phi) is 5.09. The normalized spacial score (nSPS) is 17.3. The molecule has 1 aliphatic rings. The number of hydrogen-bond donors (Lipinski definition) is 1. The van der Waals surface area contributed by atoms with Crippen molar-refractivity contribution in [3.63, 3.8) is 0 Å². The molecule has 1 N–H and O–H groups in total. The fourth-order valence-electron chi connectivity index (χ4n) is 2.91. The molecule has 0 saturated carbocycles. The molecule has 1 fully saturated rings. The number of hydrogen-bond acceptors (Lipinski definition) is 5. The largest absolute Gasteiger partial charge is 0.274 e. The Labute approximate surface area is 153 Å². The van der Waals surface area contributed by atoms with E-state index in [1.807, 2.05) is 0 Å². The zero-order valence-electron chi connectivity index (χ0n) is 14.7. The van der Waals surface area contributed by atoms with Crippen molar-refractivity contribution >= 4 is 25.9 Å². The summed E-state index contributed by atoms with van der Waals surface area (Å²) in [5, 5.41) is 3.98. The third-order valence-corrected chi connectivity index (χ3v) is 7.95. The van der Waals surface area contributed by atoms with Gasteiger partial charge in [-0.3, -0.25) is 9.40 Å². The number of rotatable bonds is 5. The SMILES string of the molecule is CC1CCN(S(=O)(=O)c2ccccc2S(=O)(=O)Nc2ccn(C)n2)CC1. The fourth-order valence-corrected chi connectivity index (χ4v) is 6.18. The van der Waals surface area contributed by atoms with Crippen LogP contribution in [0, 0.1) is 5.92 Å². The maximum Gasteiger partial charge on any atom is 0.264 e. The lowest BCUT2D eigenvalue weighted by atomic mass is 10.0. The van der Waals surface area contributed by atoms with Crippen LogP contribution in [0.25, 0.3) is 0 Å². The lowest BCUT2D eigenvalue weighted by molar-refractivity contribution is 0.287. The highest BCUT2D eigenvalue weighted by Crippen LogP contribution is 2.28. The minimum atomic E-state index is -4.09. The van der Waals surface area contributed by atoms with Gasteiger partial charge in [0.05, 0.1) is 0 Å². The van der Waals surface area contributed by atoms with E-state index >= 15 is 0 Å². The summed E-state index contributed by atoms with van der Waals surface area (Å²) in [6.07, 6.45) is 3.12. The Bertz CT molecular complexity index is 991. The lowest BCUT2D eigenvalue weighted by Gasteiger charge is -2.29. The Morgan fingerprint density at radius 2 is 1.65 bits per heavy atom. The molecule has 0 spiro atoms. The Morgan fingerprint density at radius 1 is 1.04 bits per heavy atom. The molecule has 0 atom stereocenters. The van der Waals surface area contributed by atoms with E-state index in [0.29, 0.717) is 19.0 Å². The average molecular weight is 399 g/mol. The van der Waals surface area contributed by atoms with Crippen molar-refractivity contribution in [2.45, 2.75) is 29.6 Å². The van der Waals surface area contributed by atoms with Gasteiger partial charge < -0.3 is 0 Å². The number of aromatic nitrogens is 2. The van der Waals surface area contributed by atoms with Crippen LogP contribution >= 0.6 is 0 Å². The predicted molar refractivity (Wildman–Crippen MR) is 97.6 cm³/mol. The quantitative estimate of drug-likeness (QED) is 0.825. The van der Waals surface area contributed by atoms with Gasteiger partial charge in [-0.05, 0) is 30.9 Å². The third-order valence-electron chi connectivity index (χ3n) is 4.45. The maximum absolute atomic E-state index is 13.0. The van der Waals surface area contributed by atoms with Crippen LogP contribution in [0.4, 0.5) is 5.82 Å². The van der Waals surface area contributed by atoms with Crippen molar-refractivity contribution in [3.05, 3.63) is 36.5 Å². The highest BCUT2D eigenvalue weighted by Gasteiger charge is 2.33. The van der Waals surface area contributed by atoms with E-state index in [0.717, 1.165) is 12.8 Å². The lowest BCUT2D eigenvalue weighted by Crippen LogP contribution is -2.38. The molecule has 0 bridgehead atoms. The van der Waals surface area contributed by atoms with Gasteiger partial charge in [0.1, 0.15) is 9.79 Å². The van der Waals surface area contributed by atoms with Crippen molar-refractivity contribution in [1.29, 1.82) is 0 Å². The molecule has 1 aromatic heterocycles. The van der Waals surface area contributed by atoms with E-state index in [1.165, 1.54) is 39.3 Å². The standard InChI is InChI=1S/C16H22N4O4S2/c1-13-7-11-20(12-8-13)26(23,24)15-6-4-3-5-14(15)25(21,22)18-16-9-10-19(2)17-16/h3-6,9-10,13H,7-8,11-12H2,1-2H3,(H,17,18). The molecule has 8 nitrogen and oxygen atoms in total. The van der Waals surface area contributed by atoms with E-state index in [4.69, 9.17) is 0 Å². The van der Waals surface area contributed by atoms with Gasteiger partial charge in [-0.25, -0.2) is 16.8 Å². The van der Waals surface area contributed by atoms with E-state index in [-0.39, 0.29) is 15.6 Å². The molecule has 0 unspecified atom stereocenters. The van der Waals surface area contributed by atoms with Crippen LogP contribution in [0.5, 0.6) is 0 Å². The number of nitrogens with one attached hydrogen (secondary N) is 1. The number of benzene rings is 1. The second kappa shape index (κ2) is 7.01. The van der Waals surface area contributed by atoms with Crippen molar-refractivity contribution < 1.29 is 16.8 Å². The van der Waals surface area contributed by atoms with E-state index in [1.54, 1.807) is 13.2 Å². The smallest absolute Gasteiger partial charge is 0.264 e. The molecule has 3 rings (SSSR count).